The highest BCUT2D eigenvalue weighted by Gasteiger charge is 2.38. The number of alkyl halides is 3. The number of rotatable bonds is 8. The van der Waals surface area contributed by atoms with Gasteiger partial charge in [0.2, 0.25) is 0 Å². The molecule has 2 aliphatic rings. The highest BCUT2D eigenvalue weighted by atomic mass is 19.4. The van der Waals surface area contributed by atoms with Gasteiger partial charge >= 0.3 is 18.2 Å². The number of hydrogen-bond donors (Lipinski definition) is 3. The SMILES string of the molecule is CC(C)OC(=O)NCC[C@H]1C[C@@H]1c1cncc(OC[C@@H]2CCN2)c1.O=C(O)C(F)(F)F. The van der Waals surface area contributed by atoms with Crippen molar-refractivity contribution >= 4 is 12.1 Å². The molecule has 1 aliphatic heterocycles. The fraction of sp³-hybridized carbons (Fsp3) is 0.650. The average molecular weight is 447 g/mol. The highest BCUT2D eigenvalue weighted by Crippen LogP contribution is 2.49. The molecule has 8 nitrogen and oxygen atoms in total. The molecule has 1 saturated carbocycles. The van der Waals surface area contributed by atoms with Gasteiger partial charge in [-0.25, -0.2) is 9.59 Å². The van der Waals surface area contributed by atoms with E-state index in [4.69, 9.17) is 19.4 Å². The van der Waals surface area contributed by atoms with Gasteiger partial charge in [-0.05, 0) is 63.1 Å². The van der Waals surface area contributed by atoms with Crippen LogP contribution < -0.4 is 15.4 Å². The minimum absolute atomic E-state index is 0.0809. The Labute approximate surface area is 178 Å². The first-order chi connectivity index (χ1) is 14.6. The zero-order chi connectivity index (χ0) is 23.0. The van der Waals surface area contributed by atoms with Crippen molar-refractivity contribution in [2.24, 2.45) is 5.92 Å². The summed E-state index contributed by atoms with van der Waals surface area (Å²) in [6, 6.07) is 2.59. The molecule has 2 fully saturated rings. The third-order valence-corrected chi connectivity index (χ3v) is 4.83. The number of halogens is 3. The predicted molar refractivity (Wildman–Crippen MR) is 105 cm³/mol. The molecule has 1 aromatic rings. The number of nitrogens with one attached hydrogen (secondary N) is 2. The lowest BCUT2D eigenvalue weighted by Crippen LogP contribution is -2.46. The van der Waals surface area contributed by atoms with Crippen LogP contribution in [0.4, 0.5) is 18.0 Å². The maximum Gasteiger partial charge on any atom is 0.490 e. The number of hydrogen-bond acceptors (Lipinski definition) is 6. The maximum atomic E-state index is 11.4. The number of nitrogens with zero attached hydrogens (tertiary/aromatic N) is 1. The molecular formula is C20H28F3N3O5. The number of carboxylic acid groups (broad SMARTS) is 1. The largest absolute Gasteiger partial charge is 0.490 e. The molecule has 1 aliphatic carbocycles. The van der Waals surface area contributed by atoms with Crippen LogP contribution in [0.25, 0.3) is 0 Å². The third kappa shape index (κ3) is 8.99. The smallest absolute Gasteiger partial charge is 0.490 e. The second-order valence-corrected chi connectivity index (χ2v) is 7.78. The fourth-order valence-corrected chi connectivity index (χ4v) is 3.00. The van der Waals surface area contributed by atoms with E-state index in [2.05, 4.69) is 21.7 Å². The van der Waals surface area contributed by atoms with E-state index in [0.717, 1.165) is 25.1 Å². The molecule has 0 spiro atoms. The van der Waals surface area contributed by atoms with Crippen LogP contribution in [0.1, 0.15) is 44.6 Å². The van der Waals surface area contributed by atoms with Crippen LogP contribution in [0.15, 0.2) is 18.5 Å². The summed E-state index contributed by atoms with van der Waals surface area (Å²) < 4.78 is 42.6. The fourth-order valence-electron chi connectivity index (χ4n) is 3.00. The van der Waals surface area contributed by atoms with Crippen molar-refractivity contribution < 1.29 is 37.3 Å². The standard InChI is InChI=1S/C18H27N3O3.C2HF3O2/c1-12(2)24-18(22)21-5-3-13-8-17(13)14-7-16(10-19-9-14)23-11-15-4-6-20-15;3-2(4,5)1(6)7/h7,9-10,12-13,15,17,20H,3-6,8,11H2,1-2H3,(H,21,22);(H,6,7)/t13-,15-,17-;/m0./s1. The molecule has 31 heavy (non-hydrogen) atoms. The zero-order valence-electron chi connectivity index (χ0n) is 17.4. The molecule has 174 valence electrons. The quantitative estimate of drug-likeness (QED) is 0.562. The first-order valence-electron chi connectivity index (χ1n) is 10.1. The lowest BCUT2D eigenvalue weighted by molar-refractivity contribution is -0.192. The molecule has 3 N–H and O–H groups in total. The van der Waals surface area contributed by atoms with Crippen LogP contribution in [-0.4, -0.2) is 60.2 Å². The number of aromatic nitrogens is 1. The van der Waals surface area contributed by atoms with Gasteiger partial charge < -0.3 is 25.2 Å². The number of carbonyl (C=O) groups is 2. The lowest BCUT2D eigenvalue weighted by Gasteiger charge is -2.27. The second-order valence-electron chi connectivity index (χ2n) is 7.78. The number of carboxylic acids is 1. The minimum atomic E-state index is -5.08. The monoisotopic (exact) mass is 447 g/mol. The van der Waals surface area contributed by atoms with Crippen LogP contribution in [-0.2, 0) is 9.53 Å². The Balaban J connectivity index is 0.000000423. The Morgan fingerprint density at radius 2 is 2.03 bits per heavy atom. The van der Waals surface area contributed by atoms with E-state index in [9.17, 15) is 18.0 Å². The Bertz CT molecular complexity index is 741. The van der Waals surface area contributed by atoms with Crippen LogP contribution >= 0.6 is 0 Å². The predicted octanol–water partition coefficient (Wildman–Crippen LogP) is 3.08. The number of alkyl carbamates (subject to hydrolysis) is 1. The van der Waals surface area contributed by atoms with Crippen molar-refractivity contribution in [1.82, 2.24) is 15.6 Å². The molecule has 1 saturated heterocycles. The van der Waals surface area contributed by atoms with E-state index >= 15 is 0 Å². The molecule has 2 heterocycles. The Kier molecular flexibility index (Phi) is 8.90. The summed E-state index contributed by atoms with van der Waals surface area (Å²) in [7, 11) is 0. The summed E-state index contributed by atoms with van der Waals surface area (Å²) in [5.74, 6) is -0.765. The Hall–Kier alpha value is -2.56. The Morgan fingerprint density at radius 3 is 2.58 bits per heavy atom. The van der Waals surface area contributed by atoms with Crippen molar-refractivity contribution in [3.8, 4) is 5.75 Å². The van der Waals surface area contributed by atoms with Gasteiger partial charge in [-0.1, -0.05) is 0 Å². The van der Waals surface area contributed by atoms with Gasteiger partial charge in [0.25, 0.3) is 0 Å². The van der Waals surface area contributed by atoms with E-state index in [1.165, 1.54) is 12.0 Å². The van der Waals surface area contributed by atoms with Gasteiger partial charge in [0.1, 0.15) is 12.4 Å². The Morgan fingerprint density at radius 1 is 1.35 bits per heavy atom. The van der Waals surface area contributed by atoms with Crippen molar-refractivity contribution in [3.63, 3.8) is 0 Å². The third-order valence-electron chi connectivity index (χ3n) is 4.83. The van der Waals surface area contributed by atoms with Crippen LogP contribution in [0.3, 0.4) is 0 Å². The second kappa shape index (κ2) is 11.2. The first-order valence-corrected chi connectivity index (χ1v) is 10.1. The number of carbonyl (C=O) groups excluding carboxylic acids is 1. The summed E-state index contributed by atoms with van der Waals surface area (Å²) in [6.45, 7) is 6.15. The minimum Gasteiger partial charge on any atom is -0.490 e. The van der Waals surface area contributed by atoms with E-state index in [1.807, 2.05) is 20.0 Å². The highest BCUT2D eigenvalue weighted by molar-refractivity contribution is 5.73. The van der Waals surface area contributed by atoms with E-state index < -0.39 is 12.1 Å². The molecule has 11 heteroatoms. The van der Waals surface area contributed by atoms with E-state index in [1.54, 1.807) is 6.20 Å². The van der Waals surface area contributed by atoms with Crippen LogP contribution in [0.2, 0.25) is 0 Å². The number of pyridine rings is 1. The molecule has 0 aromatic carbocycles. The number of ether oxygens (including phenoxy) is 2. The molecule has 0 radical (unpaired) electrons. The lowest BCUT2D eigenvalue weighted by atomic mass is 10.1. The molecule has 3 atom stereocenters. The van der Waals surface area contributed by atoms with Gasteiger partial charge in [0.05, 0.1) is 12.3 Å². The van der Waals surface area contributed by atoms with Crippen molar-refractivity contribution in [2.45, 2.75) is 57.3 Å². The van der Waals surface area contributed by atoms with Gasteiger partial charge in [-0.15, -0.1) is 0 Å². The summed E-state index contributed by atoms with van der Waals surface area (Å²) in [4.78, 5) is 24.6. The van der Waals surface area contributed by atoms with E-state index in [-0.39, 0.29) is 12.2 Å². The van der Waals surface area contributed by atoms with E-state index in [0.29, 0.717) is 31.0 Å². The van der Waals surface area contributed by atoms with Crippen molar-refractivity contribution in [2.75, 3.05) is 19.7 Å². The van der Waals surface area contributed by atoms with Gasteiger partial charge in [0, 0.05) is 18.8 Å². The molecule has 1 amide bonds. The van der Waals surface area contributed by atoms with Crippen molar-refractivity contribution in [1.29, 1.82) is 0 Å². The average Bonchev–Trinajstić information content (AvgIpc) is 3.39. The summed E-state index contributed by atoms with van der Waals surface area (Å²) >= 11 is 0. The molecular weight excluding hydrogens is 419 g/mol. The summed E-state index contributed by atoms with van der Waals surface area (Å²) in [5, 5.41) is 13.3. The number of aliphatic carboxylic acids is 1. The topological polar surface area (TPSA) is 110 Å². The summed E-state index contributed by atoms with van der Waals surface area (Å²) in [5.41, 5.74) is 1.24. The molecule has 1 aromatic heterocycles. The van der Waals surface area contributed by atoms with Crippen LogP contribution in [0, 0.1) is 5.92 Å². The van der Waals surface area contributed by atoms with Gasteiger partial charge in [-0.2, -0.15) is 13.2 Å². The maximum absolute atomic E-state index is 11.4. The molecule has 0 bridgehead atoms. The first kappa shape index (κ1) is 24.7. The van der Waals surface area contributed by atoms with Crippen LogP contribution in [0.5, 0.6) is 5.75 Å². The van der Waals surface area contributed by atoms with Gasteiger partial charge in [0.15, 0.2) is 0 Å². The van der Waals surface area contributed by atoms with Crippen molar-refractivity contribution in [3.05, 3.63) is 24.0 Å². The normalized spacial score (nSPS) is 21.9. The molecule has 0 unspecified atom stereocenters. The summed E-state index contributed by atoms with van der Waals surface area (Å²) in [6.07, 6.45) is 1.52. The van der Waals surface area contributed by atoms with Gasteiger partial charge in [-0.3, -0.25) is 4.98 Å². The molecule has 3 rings (SSSR count). The number of amides is 1. The zero-order valence-corrected chi connectivity index (χ0v) is 17.4.